The predicted molar refractivity (Wildman–Crippen MR) is 98.6 cm³/mol. The van der Waals surface area contributed by atoms with Crippen molar-refractivity contribution < 1.29 is 13.2 Å². The molecule has 0 saturated carbocycles. The first-order valence-corrected chi connectivity index (χ1v) is 11.4. The van der Waals surface area contributed by atoms with Gasteiger partial charge in [0.25, 0.3) is 5.56 Å². The second-order valence-electron chi connectivity index (χ2n) is 6.22. The number of H-pyrrole nitrogens is 1. The molecule has 1 amide bonds. The maximum Gasteiger partial charge on any atom is 0.251 e. The molecule has 2 rings (SSSR count). The molecule has 0 bridgehead atoms. The van der Waals surface area contributed by atoms with Gasteiger partial charge in [-0.2, -0.15) is 0 Å². The van der Waals surface area contributed by atoms with Crippen molar-refractivity contribution in [2.75, 3.05) is 23.8 Å². The molecular weight excluding hydrogens is 362 g/mol. The van der Waals surface area contributed by atoms with Crippen molar-refractivity contribution in [1.29, 1.82) is 0 Å². The molecule has 7 nitrogen and oxygen atoms in total. The Kier molecular flexibility index (Phi) is 7.06. The van der Waals surface area contributed by atoms with Gasteiger partial charge in [0.05, 0.1) is 17.3 Å². The van der Waals surface area contributed by atoms with E-state index in [2.05, 4.69) is 9.97 Å². The van der Waals surface area contributed by atoms with Crippen molar-refractivity contribution in [2.24, 2.45) is 0 Å². The third kappa shape index (κ3) is 5.85. The summed E-state index contributed by atoms with van der Waals surface area (Å²) in [4.78, 5) is 32.9. The molecule has 1 fully saturated rings. The lowest BCUT2D eigenvalue weighted by molar-refractivity contribution is -0.130. The highest BCUT2D eigenvalue weighted by molar-refractivity contribution is 7.99. The van der Waals surface area contributed by atoms with Crippen molar-refractivity contribution in [3.8, 4) is 0 Å². The Bertz CT molecular complexity index is 761. The highest BCUT2D eigenvalue weighted by Crippen LogP contribution is 2.20. The average molecular weight is 388 g/mol. The lowest BCUT2D eigenvalue weighted by Gasteiger charge is -2.27. The normalized spacial score (nSPS) is 19.0. The Balaban J connectivity index is 2.03. The van der Waals surface area contributed by atoms with E-state index in [0.29, 0.717) is 30.2 Å². The molecule has 1 atom stereocenters. The monoisotopic (exact) mass is 387 g/mol. The van der Waals surface area contributed by atoms with Crippen LogP contribution in [0.15, 0.2) is 16.0 Å². The van der Waals surface area contributed by atoms with E-state index in [4.69, 9.17) is 0 Å². The second-order valence-corrected chi connectivity index (χ2v) is 9.42. The Morgan fingerprint density at radius 2 is 2.16 bits per heavy atom. The molecule has 1 aliphatic rings. The molecule has 0 radical (unpaired) electrons. The fourth-order valence-corrected chi connectivity index (χ4v) is 5.43. The lowest BCUT2D eigenvalue weighted by atomic mass is 10.2. The summed E-state index contributed by atoms with van der Waals surface area (Å²) in [5.41, 5.74) is 0.495. The number of aromatic amines is 1. The largest absolute Gasteiger partial charge is 0.338 e. The van der Waals surface area contributed by atoms with Crippen molar-refractivity contribution in [2.45, 2.75) is 50.7 Å². The first-order chi connectivity index (χ1) is 11.8. The van der Waals surface area contributed by atoms with Crippen LogP contribution < -0.4 is 5.56 Å². The van der Waals surface area contributed by atoms with Crippen LogP contribution in [0.1, 0.15) is 38.8 Å². The van der Waals surface area contributed by atoms with Crippen LogP contribution >= 0.6 is 11.8 Å². The minimum atomic E-state index is -3.04. The number of sulfone groups is 1. The molecule has 1 aliphatic heterocycles. The Morgan fingerprint density at radius 3 is 2.76 bits per heavy atom. The summed E-state index contributed by atoms with van der Waals surface area (Å²) in [5.74, 6) is 0.212. The highest BCUT2D eigenvalue weighted by Gasteiger charge is 2.34. The topological polar surface area (TPSA) is 100 Å². The number of thioether (sulfide) groups is 1. The smallest absolute Gasteiger partial charge is 0.251 e. The number of nitrogens with zero attached hydrogens (tertiary/aromatic N) is 2. The summed E-state index contributed by atoms with van der Waals surface area (Å²) in [5, 5.41) is 0.430. The van der Waals surface area contributed by atoms with Crippen LogP contribution in [0, 0.1) is 0 Å². The van der Waals surface area contributed by atoms with E-state index in [0.717, 1.165) is 12.8 Å². The van der Waals surface area contributed by atoms with Gasteiger partial charge in [-0.25, -0.2) is 13.4 Å². The van der Waals surface area contributed by atoms with Gasteiger partial charge < -0.3 is 9.88 Å². The van der Waals surface area contributed by atoms with E-state index < -0.39 is 9.84 Å². The molecule has 25 heavy (non-hydrogen) atoms. The standard InChI is InChI=1S/C16H25N3O4S2/c1-3-5-12-9-14(20)18-16(17-12)24-10-15(21)19(7-4-2)13-6-8-25(22,23)11-13/h9,13H,3-8,10-11H2,1-2H3,(H,17,18,20)/t13-/m0/s1. The maximum absolute atomic E-state index is 12.6. The summed E-state index contributed by atoms with van der Waals surface area (Å²) in [6.45, 7) is 4.51. The summed E-state index contributed by atoms with van der Waals surface area (Å²) >= 11 is 1.19. The van der Waals surface area contributed by atoms with Crippen LogP contribution in [0.4, 0.5) is 0 Å². The molecule has 1 aromatic heterocycles. The van der Waals surface area contributed by atoms with Gasteiger partial charge in [0.15, 0.2) is 15.0 Å². The Hall–Kier alpha value is -1.35. The number of carbonyl (C=O) groups excluding carboxylic acids is 1. The van der Waals surface area contributed by atoms with Crippen LogP contribution in [0.3, 0.4) is 0 Å². The van der Waals surface area contributed by atoms with Gasteiger partial charge in [-0.05, 0) is 19.3 Å². The van der Waals surface area contributed by atoms with Gasteiger partial charge in [-0.1, -0.05) is 32.0 Å². The van der Waals surface area contributed by atoms with E-state index in [1.54, 1.807) is 4.90 Å². The molecule has 0 aromatic carbocycles. The van der Waals surface area contributed by atoms with E-state index in [1.165, 1.54) is 17.8 Å². The fraction of sp³-hybridized carbons (Fsp3) is 0.688. The number of nitrogens with one attached hydrogen (secondary N) is 1. The van der Waals surface area contributed by atoms with E-state index >= 15 is 0 Å². The molecule has 9 heteroatoms. The van der Waals surface area contributed by atoms with E-state index in [-0.39, 0.29) is 34.8 Å². The van der Waals surface area contributed by atoms with Gasteiger partial charge >= 0.3 is 0 Å². The fourth-order valence-electron chi connectivity index (χ4n) is 2.92. The van der Waals surface area contributed by atoms with Crippen molar-refractivity contribution >= 4 is 27.5 Å². The first kappa shape index (κ1) is 20.0. The SMILES string of the molecule is CCCc1cc(=O)[nH]c(SCC(=O)N(CCC)[C@H]2CCS(=O)(=O)C2)n1. The van der Waals surface area contributed by atoms with Crippen molar-refractivity contribution in [1.82, 2.24) is 14.9 Å². The molecule has 140 valence electrons. The Morgan fingerprint density at radius 1 is 1.40 bits per heavy atom. The van der Waals surface area contributed by atoms with Crippen LogP contribution in [0.5, 0.6) is 0 Å². The van der Waals surface area contributed by atoms with Crippen molar-refractivity contribution in [3.05, 3.63) is 22.1 Å². The Labute approximate surface area is 152 Å². The number of hydrogen-bond donors (Lipinski definition) is 1. The summed E-state index contributed by atoms with van der Waals surface area (Å²) < 4.78 is 23.4. The number of aryl methyl sites for hydroxylation is 1. The molecule has 0 unspecified atom stereocenters. The van der Waals surface area contributed by atoms with Crippen molar-refractivity contribution in [3.63, 3.8) is 0 Å². The maximum atomic E-state index is 12.6. The van der Waals surface area contributed by atoms with E-state index in [9.17, 15) is 18.0 Å². The van der Waals surface area contributed by atoms with Gasteiger partial charge in [-0.15, -0.1) is 0 Å². The molecule has 0 spiro atoms. The molecule has 1 saturated heterocycles. The van der Waals surface area contributed by atoms with Gasteiger partial charge in [0.1, 0.15) is 0 Å². The third-order valence-corrected chi connectivity index (χ3v) is 6.65. The predicted octanol–water partition coefficient (Wildman–Crippen LogP) is 1.24. The van der Waals surface area contributed by atoms with Crippen LogP contribution in [0.2, 0.25) is 0 Å². The first-order valence-electron chi connectivity index (χ1n) is 8.57. The number of carbonyl (C=O) groups is 1. The molecule has 1 N–H and O–H groups in total. The summed E-state index contributed by atoms with van der Waals surface area (Å²) in [6, 6.07) is 1.23. The number of hydrogen-bond acceptors (Lipinski definition) is 6. The minimum Gasteiger partial charge on any atom is -0.338 e. The molecule has 1 aromatic rings. The number of aromatic nitrogens is 2. The molecular formula is C16H25N3O4S2. The summed E-state index contributed by atoms with van der Waals surface area (Å²) in [7, 11) is -3.04. The highest BCUT2D eigenvalue weighted by atomic mass is 32.2. The molecule has 0 aliphatic carbocycles. The summed E-state index contributed by atoms with van der Waals surface area (Å²) in [6.07, 6.45) is 2.88. The third-order valence-electron chi connectivity index (χ3n) is 4.05. The zero-order valence-electron chi connectivity index (χ0n) is 14.7. The van der Waals surface area contributed by atoms with Crippen LogP contribution in [0.25, 0.3) is 0 Å². The van der Waals surface area contributed by atoms with Gasteiger partial charge in [-0.3, -0.25) is 9.59 Å². The van der Waals surface area contributed by atoms with Gasteiger partial charge in [0, 0.05) is 24.3 Å². The van der Waals surface area contributed by atoms with Crippen LogP contribution in [-0.4, -0.2) is 59.0 Å². The average Bonchev–Trinajstić information content (AvgIpc) is 2.90. The van der Waals surface area contributed by atoms with Crippen LogP contribution in [-0.2, 0) is 21.1 Å². The van der Waals surface area contributed by atoms with E-state index in [1.807, 2.05) is 13.8 Å². The quantitative estimate of drug-likeness (QED) is 0.532. The zero-order valence-corrected chi connectivity index (χ0v) is 16.3. The molecule has 2 heterocycles. The minimum absolute atomic E-state index is 0.0461. The zero-order chi connectivity index (χ0) is 18.4. The van der Waals surface area contributed by atoms with Gasteiger partial charge in [0.2, 0.25) is 5.91 Å². The number of rotatable bonds is 8. The number of amides is 1. The second kappa shape index (κ2) is 8.84. The lowest BCUT2D eigenvalue weighted by Crippen LogP contribution is -2.42.